The highest BCUT2D eigenvalue weighted by Crippen LogP contribution is 2.19. The molecule has 0 radical (unpaired) electrons. The summed E-state index contributed by atoms with van der Waals surface area (Å²) in [6, 6.07) is 9.60. The van der Waals surface area contributed by atoms with Crippen LogP contribution in [0.2, 0.25) is 0 Å². The molecule has 0 N–H and O–H groups in total. The largest absolute Gasteiger partial charge is 0.337 e. The van der Waals surface area contributed by atoms with E-state index in [0.29, 0.717) is 18.3 Å². The van der Waals surface area contributed by atoms with Gasteiger partial charge in [0, 0.05) is 18.0 Å². The van der Waals surface area contributed by atoms with Gasteiger partial charge in [-0.3, -0.25) is 4.79 Å². The molecule has 0 saturated heterocycles. The molecule has 20 heavy (non-hydrogen) atoms. The quantitative estimate of drug-likeness (QED) is 0.862. The van der Waals surface area contributed by atoms with E-state index in [0.717, 1.165) is 5.56 Å². The molecule has 0 saturated carbocycles. The molecule has 0 spiro atoms. The SMILES string of the molecule is CN(Cc1nc(-c2ccccc2)no1)C(=O)C(C)(C)C. The summed E-state index contributed by atoms with van der Waals surface area (Å²) < 4.78 is 5.20. The van der Waals surface area contributed by atoms with Gasteiger partial charge in [-0.1, -0.05) is 56.3 Å². The van der Waals surface area contributed by atoms with Crippen molar-refractivity contribution >= 4 is 5.91 Å². The van der Waals surface area contributed by atoms with Crippen LogP contribution in [0.15, 0.2) is 34.9 Å². The first kappa shape index (κ1) is 14.2. The molecule has 1 aromatic carbocycles. The van der Waals surface area contributed by atoms with Gasteiger partial charge in [0.05, 0.1) is 6.54 Å². The van der Waals surface area contributed by atoms with Crippen molar-refractivity contribution in [3.63, 3.8) is 0 Å². The van der Waals surface area contributed by atoms with Crippen LogP contribution in [0.5, 0.6) is 0 Å². The van der Waals surface area contributed by atoms with Crippen LogP contribution in [0.1, 0.15) is 26.7 Å². The van der Waals surface area contributed by atoms with Crippen molar-refractivity contribution in [3.8, 4) is 11.4 Å². The van der Waals surface area contributed by atoms with Gasteiger partial charge in [0.15, 0.2) is 0 Å². The molecule has 5 heteroatoms. The summed E-state index contributed by atoms with van der Waals surface area (Å²) in [5.74, 6) is 1.01. The average Bonchev–Trinajstić information content (AvgIpc) is 2.86. The van der Waals surface area contributed by atoms with Gasteiger partial charge in [-0.15, -0.1) is 0 Å². The fourth-order valence-corrected chi connectivity index (χ4v) is 1.87. The summed E-state index contributed by atoms with van der Waals surface area (Å²) in [7, 11) is 1.74. The highest BCUT2D eigenvalue weighted by molar-refractivity contribution is 5.81. The van der Waals surface area contributed by atoms with Crippen molar-refractivity contribution in [2.45, 2.75) is 27.3 Å². The second kappa shape index (κ2) is 5.45. The molecule has 0 aliphatic rings. The van der Waals surface area contributed by atoms with Crippen molar-refractivity contribution < 1.29 is 9.32 Å². The molecule has 0 fully saturated rings. The normalized spacial score (nSPS) is 11.4. The number of aromatic nitrogens is 2. The Kier molecular flexibility index (Phi) is 3.88. The zero-order valence-electron chi connectivity index (χ0n) is 12.3. The lowest BCUT2D eigenvalue weighted by molar-refractivity contribution is -0.138. The molecular formula is C15H19N3O2. The van der Waals surface area contributed by atoms with E-state index in [1.165, 1.54) is 0 Å². The van der Waals surface area contributed by atoms with Gasteiger partial charge in [0.2, 0.25) is 17.6 Å². The Morgan fingerprint density at radius 2 is 1.90 bits per heavy atom. The second-order valence-corrected chi connectivity index (χ2v) is 5.79. The van der Waals surface area contributed by atoms with Crippen LogP contribution >= 0.6 is 0 Å². The van der Waals surface area contributed by atoms with E-state index >= 15 is 0 Å². The van der Waals surface area contributed by atoms with Crippen LogP contribution in [0.4, 0.5) is 0 Å². The minimum Gasteiger partial charge on any atom is -0.337 e. The first-order valence-electron chi connectivity index (χ1n) is 6.51. The summed E-state index contributed by atoms with van der Waals surface area (Å²) in [5.41, 5.74) is 0.476. The molecular weight excluding hydrogens is 254 g/mol. The van der Waals surface area contributed by atoms with Crippen molar-refractivity contribution in [1.29, 1.82) is 0 Å². The number of rotatable bonds is 3. The first-order chi connectivity index (χ1) is 9.38. The fourth-order valence-electron chi connectivity index (χ4n) is 1.87. The van der Waals surface area contributed by atoms with Gasteiger partial charge in [0.1, 0.15) is 0 Å². The Hall–Kier alpha value is -2.17. The van der Waals surface area contributed by atoms with Crippen LogP contribution in [-0.2, 0) is 11.3 Å². The van der Waals surface area contributed by atoms with E-state index in [2.05, 4.69) is 10.1 Å². The number of hydrogen-bond donors (Lipinski definition) is 0. The molecule has 2 aromatic rings. The Bertz CT molecular complexity index is 585. The lowest BCUT2D eigenvalue weighted by atomic mass is 9.95. The molecule has 0 bridgehead atoms. The average molecular weight is 273 g/mol. The van der Waals surface area contributed by atoms with E-state index in [9.17, 15) is 4.79 Å². The van der Waals surface area contributed by atoms with Gasteiger partial charge in [-0.25, -0.2) is 0 Å². The molecule has 1 amide bonds. The highest BCUT2D eigenvalue weighted by atomic mass is 16.5. The van der Waals surface area contributed by atoms with Crippen molar-refractivity contribution in [3.05, 3.63) is 36.2 Å². The first-order valence-corrected chi connectivity index (χ1v) is 6.51. The summed E-state index contributed by atoms with van der Waals surface area (Å²) >= 11 is 0. The van der Waals surface area contributed by atoms with Crippen LogP contribution in [0.25, 0.3) is 11.4 Å². The topological polar surface area (TPSA) is 59.2 Å². The Morgan fingerprint density at radius 1 is 1.25 bits per heavy atom. The standard InChI is InChI=1S/C15H19N3O2/c1-15(2,3)14(19)18(4)10-12-16-13(17-20-12)11-8-6-5-7-9-11/h5-9H,10H2,1-4H3. The maximum atomic E-state index is 12.1. The van der Waals surface area contributed by atoms with Crippen LogP contribution < -0.4 is 0 Å². The van der Waals surface area contributed by atoms with Crippen molar-refractivity contribution in [1.82, 2.24) is 15.0 Å². The van der Waals surface area contributed by atoms with Crippen molar-refractivity contribution in [2.75, 3.05) is 7.05 Å². The number of nitrogens with zero attached hydrogens (tertiary/aromatic N) is 3. The predicted molar refractivity (Wildman–Crippen MR) is 75.7 cm³/mol. The van der Waals surface area contributed by atoms with E-state index in [-0.39, 0.29) is 5.91 Å². The van der Waals surface area contributed by atoms with Crippen LogP contribution in [-0.4, -0.2) is 28.0 Å². The molecule has 1 heterocycles. The Balaban J connectivity index is 2.09. The summed E-state index contributed by atoms with van der Waals surface area (Å²) in [4.78, 5) is 18.0. The molecule has 5 nitrogen and oxygen atoms in total. The maximum Gasteiger partial charge on any atom is 0.246 e. The molecule has 2 rings (SSSR count). The predicted octanol–water partition coefficient (Wildman–Crippen LogP) is 2.74. The summed E-state index contributed by atoms with van der Waals surface area (Å²) in [6.45, 7) is 5.97. The van der Waals surface area contributed by atoms with Gasteiger partial charge in [-0.05, 0) is 0 Å². The van der Waals surface area contributed by atoms with Gasteiger partial charge >= 0.3 is 0 Å². The number of hydrogen-bond acceptors (Lipinski definition) is 4. The van der Waals surface area contributed by atoms with E-state index < -0.39 is 5.41 Å². The zero-order valence-corrected chi connectivity index (χ0v) is 12.3. The molecule has 1 aromatic heterocycles. The molecule has 0 unspecified atom stereocenters. The fraction of sp³-hybridized carbons (Fsp3) is 0.400. The lowest BCUT2D eigenvalue weighted by Crippen LogP contribution is -2.36. The Labute approximate surface area is 118 Å². The molecule has 106 valence electrons. The minimum atomic E-state index is -0.420. The van der Waals surface area contributed by atoms with Crippen LogP contribution in [0, 0.1) is 5.41 Å². The van der Waals surface area contributed by atoms with E-state index in [1.54, 1.807) is 11.9 Å². The van der Waals surface area contributed by atoms with Gasteiger partial charge in [0.25, 0.3) is 0 Å². The number of amides is 1. The zero-order chi connectivity index (χ0) is 14.8. The Morgan fingerprint density at radius 3 is 2.50 bits per heavy atom. The summed E-state index contributed by atoms with van der Waals surface area (Å²) in [6.07, 6.45) is 0. The van der Waals surface area contributed by atoms with Crippen molar-refractivity contribution in [2.24, 2.45) is 5.41 Å². The van der Waals surface area contributed by atoms with E-state index in [1.807, 2.05) is 51.1 Å². The minimum absolute atomic E-state index is 0.0389. The van der Waals surface area contributed by atoms with Gasteiger partial charge < -0.3 is 9.42 Å². The maximum absolute atomic E-state index is 12.1. The monoisotopic (exact) mass is 273 g/mol. The third-order valence-electron chi connectivity index (χ3n) is 2.86. The van der Waals surface area contributed by atoms with Crippen LogP contribution in [0.3, 0.4) is 0 Å². The molecule has 0 atom stereocenters. The number of benzene rings is 1. The second-order valence-electron chi connectivity index (χ2n) is 5.79. The number of carbonyl (C=O) groups is 1. The van der Waals surface area contributed by atoms with E-state index in [4.69, 9.17) is 4.52 Å². The lowest BCUT2D eigenvalue weighted by Gasteiger charge is -2.24. The highest BCUT2D eigenvalue weighted by Gasteiger charge is 2.26. The third kappa shape index (κ3) is 3.23. The van der Waals surface area contributed by atoms with Gasteiger partial charge in [-0.2, -0.15) is 4.98 Å². The number of carbonyl (C=O) groups excluding carboxylic acids is 1. The smallest absolute Gasteiger partial charge is 0.246 e. The molecule has 0 aliphatic heterocycles. The summed E-state index contributed by atoms with van der Waals surface area (Å²) in [5, 5.41) is 3.94. The molecule has 0 aliphatic carbocycles. The third-order valence-corrected chi connectivity index (χ3v) is 2.86.